The summed E-state index contributed by atoms with van der Waals surface area (Å²) in [6, 6.07) is 9.42. The van der Waals surface area contributed by atoms with Gasteiger partial charge in [-0.2, -0.15) is 0 Å². The molecule has 2 aromatic carbocycles. The number of amides is 2. The number of hydrogen-bond donors (Lipinski definition) is 2. The van der Waals surface area contributed by atoms with Gasteiger partial charge in [-0.15, -0.1) is 0 Å². The predicted molar refractivity (Wildman–Crippen MR) is 96.9 cm³/mol. The average Bonchev–Trinajstić information content (AvgIpc) is 2.59. The third-order valence-corrected chi connectivity index (χ3v) is 3.96. The number of carbonyl (C=O) groups is 2. The Kier molecular flexibility index (Phi) is 6.41. The third-order valence-electron chi connectivity index (χ3n) is 3.96. The van der Waals surface area contributed by atoms with E-state index in [1.54, 1.807) is 26.1 Å². The first-order valence-electron chi connectivity index (χ1n) is 8.09. The Hall–Kier alpha value is -2.80. The summed E-state index contributed by atoms with van der Waals surface area (Å²) in [4.78, 5) is 25.8. The maximum absolute atomic E-state index is 13.6. The molecule has 0 aliphatic carbocycles. The van der Waals surface area contributed by atoms with Gasteiger partial charge in [-0.25, -0.2) is 8.78 Å². The molecule has 0 aromatic heterocycles. The molecule has 0 aliphatic rings. The van der Waals surface area contributed by atoms with Gasteiger partial charge in [0.2, 0.25) is 11.8 Å². The third kappa shape index (κ3) is 5.35. The molecule has 138 valence electrons. The van der Waals surface area contributed by atoms with Gasteiger partial charge in [0.25, 0.3) is 0 Å². The molecule has 0 saturated heterocycles. The highest BCUT2D eigenvalue weighted by Crippen LogP contribution is 2.16. The molecule has 7 heteroatoms. The first kappa shape index (κ1) is 19.5. The molecule has 0 aliphatic heterocycles. The van der Waals surface area contributed by atoms with Gasteiger partial charge in [0.1, 0.15) is 11.6 Å². The van der Waals surface area contributed by atoms with E-state index in [1.165, 1.54) is 4.90 Å². The fraction of sp³-hybridized carbons (Fsp3) is 0.263. The van der Waals surface area contributed by atoms with Crippen molar-refractivity contribution in [1.82, 2.24) is 4.90 Å². The molecule has 0 bridgehead atoms. The van der Waals surface area contributed by atoms with E-state index in [1.807, 2.05) is 19.1 Å². The number of aryl methyl sites for hydroxylation is 1. The second-order valence-electron chi connectivity index (χ2n) is 6.12. The minimum absolute atomic E-state index is 0.0336. The average molecular weight is 361 g/mol. The molecule has 26 heavy (non-hydrogen) atoms. The predicted octanol–water partition coefficient (Wildman–Crippen LogP) is 3.17. The summed E-state index contributed by atoms with van der Waals surface area (Å²) >= 11 is 0. The highest BCUT2D eigenvalue weighted by atomic mass is 19.1. The molecule has 1 unspecified atom stereocenters. The monoisotopic (exact) mass is 361 g/mol. The van der Waals surface area contributed by atoms with Crippen molar-refractivity contribution in [2.45, 2.75) is 19.9 Å². The van der Waals surface area contributed by atoms with Crippen molar-refractivity contribution in [3.63, 3.8) is 0 Å². The summed E-state index contributed by atoms with van der Waals surface area (Å²) in [5, 5.41) is 5.07. The zero-order valence-electron chi connectivity index (χ0n) is 14.8. The van der Waals surface area contributed by atoms with E-state index >= 15 is 0 Å². The second kappa shape index (κ2) is 8.53. The van der Waals surface area contributed by atoms with Crippen molar-refractivity contribution in [2.24, 2.45) is 0 Å². The zero-order valence-corrected chi connectivity index (χ0v) is 14.8. The van der Waals surface area contributed by atoms with Gasteiger partial charge in [0.15, 0.2) is 0 Å². The van der Waals surface area contributed by atoms with Gasteiger partial charge in [-0.1, -0.05) is 17.7 Å². The topological polar surface area (TPSA) is 61.4 Å². The fourth-order valence-corrected chi connectivity index (χ4v) is 2.23. The highest BCUT2D eigenvalue weighted by molar-refractivity contribution is 5.96. The summed E-state index contributed by atoms with van der Waals surface area (Å²) in [6.07, 6.45) is 0. The van der Waals surface area contributed by atoms with Crippen molar-refractivity contribution in [2.75, 3.05) is 24.2 Å². The molecule has 0 heterocycles. The number of benzene rings is 2. The van der Waals surface area contributed by atoms with Crippen molar-refractivity contribution in [3.05, 3.63) is 59.7 Å². The van der Waals surface area contributed by atoms with E-state index in [0.29, 0.717) is 5.69 Å². The molecule has 5 nitrogen and oxygen atoms in total. The first-order chi connectivity index (χ1) is 12.3. The molecule has 2 rings (SSSR count). The molecule has 2 amide bonds. The fourth-order valence-electron chi connectivity index (χ4n) is 2.23. The molecular weight excluding hydrogens is 340 g/mol. The zero-order chi connectivity index (χ0) is 19.3. The van der Waals surface area contributed by atoms with Crippen LogP contribution in [0.4, 0.5) is 20.2 Å². The van der Waals surface area contributed by atoms with E-state index < -0.39 is 23.6 Å². The molecule has 0 radical (unpaired) electrons. The maximum atomic E-state index is 13.6. The Morgan fingerprint density at radius 1 is 1.08 bits per heavy atom. The number of anilines is 2. The van der Waals surface area contributed by atoms with Gasteiger partial charge in [-0.3, -0.25) is 14.5 Å². The molecule has 0 spiro atoms. The van der Waals surface area contributed by atoms with Crippen LogP contribution < -0.4 is 10.6 Å². The van der Waals surface area contributed by atoms with Crippen LogP contribution in [0.25, 0.3) is 0 Å². The summed E-state index contributed by atoms with van der Waals surface area (Å²) in [5.74, 6) is -2.21. The van der Waals surface area contributed by atoms with Gasteiger partial charge < -0.3 is 10.6 Å². The summed E-state index contributed by atoms with van der Waals surface area (Å²) in [7, 11) is 1.60. The largest absolute Gasteiger partial charge is 0.325 e. The highest BCUT2D eigenvalue weighted by Gasteiger charge is 2.21. The Morgan fingerprint density at radius 2 is 1.73 bits per heavy atom. The number of likely N-dealkylation sites (N-methyl/N-ethyl adjacent to an activating group) is 1. The van der Waals surface area contributed by atoms with Crippen LogP contribution in [0.1, 0.15) is 12.5 Å². The molecular formula is C19H21F2N3O2. The lowest BCUT2D eigenvalue weighted by molar-refractivity contribution is -0.122. The first-order valence-corrected chi connectivity index (χ1v) is 8.09. The number of hydrogen-bond acceptors (Lipinski definition) is 3. The normalized spacial score (nSPS) is 11.9. The van der Waals surface area contributed by atoms with Crippen molar-refractivity contribution >= 4 is 23.2 Å². The van der Waals surface area contributed by atoms with Gasteiger partial charge in [-0.05, 0) is 45.2 Å². The maximum Gasteiger partial charge on any atom is 0.241 e. The molecule has 2 aromatic rings. The number of nitrogens with zero attached hydrogens (tertiary/aromatic N) is 1. The molecule has 1 atom stereocenters. The quantitative estimate of drug-likeness (QED) is 0.831. The van der Waals surface area contributed by atoms with Crippen LogP contribution >= 0.6 is 0 Å². The van der Waals surface area contributed by atoms with E-state index in [2.05, 4.69) is 10.6 Å². The Morgan fingerprint density at radius 3 is 2.38 bits per heavy atom. The molecule has 2 N–H and O–H groups in total. The Bertz CT molecular complexity index is 794. The molecule has 0 fully saturated rings. The van der Waals surface area contributed by atoms with Gasteiger partial charge >= 0.3 is 0 Å². The van der Waals surface area contributed by atoms with E-state index in [4.69, 9.17) is 0 Å². The van der Waals surface area contributed by atoms with E-state index in [-0.39, 0.29) is 18.1 Å². The van der Waals surface area contributed by atoms with Gasteiger partial charge in [0, 0.05) is 11.8 Å². The lowest BCUT2D eigenvalue weighted by Crippen LogP contribution is -2.43. The van der Waals surface area contributed by atoms with Crippen LogP contribution in [0.5, 0.6) is 0 Å². The lowest BCUT2D eigenvalue weighted by Gasteiger charge is -2.23. The van der Waals surface area contributed by atoms with E-state index in [0.717, 1.165) is 23.8 Å². The SMILES string of the molecule is Cc1ccc(NC(=O)CN(C)C(C)C(=O)Nc2cc(F)ccc2F)cc1. The van der Waals surface area contributed by atoms with Gasteiger partial charge in [0.05, 0.1) is 18.3 Å². The lowest BCUT2D eigenvalue weighted by atomic mass is 10.2. The Balaban J connectivity index is 1.92. The summed E-state index contributed by atoms with van der Waals surface area (Å²) in [5.41, 5.74) is 1.50. The van der Waals surface area contributed by atoms with Crippen molar-refractivity contribution in [1.29, 1.82) is 0 Å². The van der Waals surface area contributed by atoms with E-state index in [9.17, 15) is 18.4 Å². The van der Waals surface area contributed by atoms with Crippen molar-refractivity contribution < 1.29 is 18.4 Å². The Labute approximate surface area is 151 Å². The van der Waals surface area contributed by atoms with Crippen LogP contribution in [-0.2, 0) is 9.59 Å². The number of rotatable bonds is 6. The number of carbonyl (C=O) groups excluding carboxylic acids is 2. The van der Waals surface area contributed by atoms with Crippen LogP contribution in [0, 0.1) is 18.6 Å². The second-order valence-corrected chi connectivity index (χ2v) is 6.12. The van der Waals surface area contributed by atoms with Crippen LogP contribution in [0.3, 0.4) is 0 Å². The molecule has 0 saturated carbocycles. The van der Waals surface area contributed by atoms with Crippen LogP contribution in [0.2, 0.25) is 0 Å². The van der Waals surface area contributed by atoms with Crippen LogP contribution in [0.15, 0.2) is 42.5 Å². The number of nitrogens with one attached hydrogen (secondary N) is 2. The minimum atomic E-state index is -0.730. The van der Waals surface area contributed by atoms with Crippen molar-refractivity contribution in [3.8, 4) is 0 Å². The minimum Gasteiger partial charge on any atom is -0.325 e. The standard InChI is InChI=1S/C19H21F2N3O2/c1-12-4-7-15(8-5-12)22-18(25)11-24(3)13(2)19(26)23-17-10-14(20)6-9-16(17)21/h4-10,13H,11H2,1-3H3,(H,22,25)(H,23,26). The summed E-state index contributed by atoms with van der Waals surface area (Å²) in [6.45, 7) is 3.49. The van der Waals surface area contributed by atoms with Crippen LogP contribution in [-0.4, -0.2) is 36.3 Å². The number of halogens is 2. The smallest absolute Gasteiger partial charge is 0.241 e. The summed E-state index contributed by atoms with van der Waals surface area (Å²) < 4.78 is 26.8.